The molecule has 0 spiro atoms. The van der Waals surface area contributed by atoms with Crippen molar-refractivity contribution in [3.05, 3.63) is 25.3 Å². The Morgan fingerprint density at radius 2 is 2.22 bits per heavy atom. The van der Waals surface area contributed by atoms with E-state index >= 15 is 0 Å². The van der Waals surface area contributed by atoms with E-state index in [1.54, 1.807) is 24.0 Å². The summed E-state index contributed by atoms with van der Waals surface area (Å²) in [7, 11) is 0. The Morgan fingerprint density at radius 1 is 1.50 bits per heavy atom. The molecule has 100 valence electrons. The van der Waals surface area contributed by atoms with Gasteiger partial charge in [0, 0.05) is 13.0 Å². The largest absolute Gasteiger partial charge is 0.464 e. The average Bonchev–Trinajstić information content (AvgIpc) is 2.34. The molecule has 4 nitrogen and oxygen atoms in total. The minimum atomic E-state index is -0.888. The van der Waals surface area contributed by atoms with Gasteiger partial charge in [-0.05, 0) is 26.2 Å². The van der Waals surface area contributed by atoms with Gasteiger partial charge in [0.05, 0.1) is 6.61 Å². The molecule has 0 aliphatic carbocycles. The third-order valence-corrected chi connectivity index (χ3v) is 3.25. The first-order valence-corrected chi connectivity index (χ1v) is 6.32. The van der Waals surface area contributed by atoms with Gasteiger partial charge < -0.3 is 9.64 Å². The lowest BCUT2D eigenvalue weighted by molar-refractivity contribution is -0.167. The van der Waals surface area contributed by atoms with Gasteiger partial charge in [-0.3, -0.25) is 4.79 Å². The van der Waals surface area contributed by atoms with Crippen LogP contribution in [0.2, 0.25) is 0 Å². The van der Waals surface area contributed by atoms with Crippen LogP contribution >= 0.6 is 0 Å². The Morgan fingerprint density at radius 3 is 2.78 bits per heavy atom. The second-order valence-corrected chi connectivity index (χ2v) is 4.39. The van der Waals surface area contributed by atoms with Gasteiger partial charge in [0.1, 0.15) is 5.54 Å². The standard InChI is InChI=1S/C14H21NO3/c1-4-9-14(13(17)18-6-3)10-7-8-12(16)15(14)11-5-2/h4-5H,1-2,6-11H2,3H3/t14-/m1/s1. The van der Waals surface area contributed by atoms with Gasteiger partial charge in [-0.25, -0.2) is 4.79 Å². The van der Waals surface area contributed by atoms with Crippen molar-refractivity contribution in [2.45, 2.75) is 38.1 Å². The molecule has 0 aromatic carbocycles. The second kappa shape index (κ2) is 6.38. The van der Waals surface area contributed by atoms with E-state index < -0.39 is 5.54 Å². The van der Waals surface area contributed by atoms with E-state index in [-0.39, 0.29) is 11.9 Å². The molecule has 0 saturated carbocycles. The van der Waals surface area contributed by atoms with Crippen molar-refractivity contribution < 1.29 is 14.3 Å². The lowest BCUT2D eigenvalue weighted by Gasteiger charge is -2.44. The van der Waals surface area contributed by atoms with E-state index in [0.29, 0.717) is 38.8 Å². The molecule has 1 atom stereocenters. The highest BCUT2D eigenvalue weighted by Gasteiger charge is 2.48. The first-order chi connectivity index (χ1) is 8.62. The fourth-order valence-electron chi connectivity index (χ4n) is 2.46. The maximum atomic E-state index is 12.2. The maximum absolute atomic E-state index is 12.2. The molecule has 1 fully saturated rings. The lowest BCUT2D eigenvalue weighted by Crippen LogP contribution is -2.59. The van der Waals surface area contributed by atoms with Crippen molar-refractivity contribution in [1.82, 2.24) is 4.90 Å². The molecule has 1 saturated heterocycles. The van der Waals surface area contributed by atoms with Crippen LogP contribution in [0.4, 0.5) is 0 Å². The zero-order valence-electron chi connectivity index (χ0n) is 11.0. The number of piperidine rings is 1. The van der Waals surface area contributed by atoms with E-state index in [4.69, 9.17) is 4.74 Å². The Labute approximate surface area is 108 Å². The molecule has 1 aliphatic heterocycles. The van der Waals surface area contributed by atoms with Crippen molar-refractivity contribution in [2.75, 3.05) is 13.2 Å². The number of esters is 1. The molecule has 1 heterocycles. The van der Waals surface area contributed by atoms with Crippen LogP contribution in [0.3, 0.4) is 0 Å². The molecule has 0 N–H and O–H groups in total. The summed E-state index contributed by atoms with van der Waals surface area (Å²) in [6.07, 6.45) is 5.54. The van der Waals surface area contributed by atoms with Crippen LogP contribution in [0.1, 0.15) is 32.6 Å². The Kier molecular flexibility index (Phi) is 5.13. The average molecular weight is 251 g/mol. The van der Waals surface area contributed by atoms with Gasteiger partial charge in [-0.1, -0.05) is 12.2 Å². The fourth-order valence-corrected chi connectivity index (χ4v) is 2.46. The number of rotatable bonds is 6. The van der Waals surface area contributed by atoms with Crippen LogP contribution in [-0.2, 0) is 14.3 Å². The highest BCUT2D eigenvalue weighted by atomic mass is 16.5. The summed E-state index contributed by atoms with van der Waals surface area (Å²) < 4.78 is 5.15. The lowest BCUT2D eigenvalue weighted by atomic mass is 9.83. The van der Waals surface area contributed by atoms with Gasteiger partial charge >= 0.3 is 5.97 Å². The zero-order chi connectivity index (χ0) is 13.6. The minimum Gasteiger partial charge on any atom is -0.464 e. The molecule has 1 aliphatic rings. The Balaban J connectivity index is 3.09. The van der Waals surface area contributed by atoms with E-state index in [1.165, 1.54) is 0 Å². The number of carbonyl (C=O) groups is 2. The maximum Gasteiger partial charge on any atom is 0.332 e. The number of likely N-dealkylation sites (tertiary alicyclic amines) is 1. The number of nitrogens with zero attached hydrogens (tertiary/aromatic N) is 1. The third kappa shape index (κ3) is 2.63. The number of carbonyl (C=O) groups excluding carboxylic acids is 2. The quantitative estimate of drug-likeness (QED) is 0.536. The second-order valence-electron chi connectivity index (χ2n) is 4.39. The van der Waals surface area contributed by atoms with Gasteiger partial charge in [0.25, 0.3) is 0 Å². The predicted octanol–water partition coefficient (Wildman–Crippen LogP) is 2.06. The first-order valence-electron chi connectivity index (χ1n) is 6.32. The van der Waals surface area contributed by atoms with E-state index in [0.717, 1.165) is 0 Å². The predicted molar refractivity (Wildman–Crippen MR) is 69.9 cm³/mol. The van der Waals surface area contributed by atoms with Crippen LogP contribution in [0.5, 0.6) is 0 Å². The summed E-state index contributed by atoms with van der Waals surface area (Å²) in [4.78, 5) is 25.8. The van der Waals surface area contributed by atoms with Crippen molar-refractivity contribution in [3.63, 3.8) is 0 Å². The monoisotopic (exact) mass is 251 g/mol. The molecule has 0 unspecified atom stereocenters. The van der Waals surface area contributed by atoms with Crippen molar-refractivity contribution >= 4 is 11.9 Å². The van der Waals surface area contributed by atoms with Crippen molar-refractivity contribution in [1.29, 1.82) is 0 Å². The fraction of sp³-hybridized carbons (Fsp3) is 0.571. The number of hydrogen-bond acceptors (Lipinski definition) is 3. The minimum absolute atomic E-state index is 0.0175. The van der Waals surface area contributed by atoms with Crippen LogP contribution in [-0.4, -0.2) is 35.5 Å². The zero-order valence-corrected chi connectivity index (χ0v) is 11.0. The SMILES string of the molecule is C=CCN1C(=O)CCC[C@]1(CC=C)C(=O)OCC. The molecule has 1 amide bonds. The van der Waals surface area contributed by atoms with Crippen LogP contribution < -0.4 is 0 Å². The number of amides is 1. The van der Waals surface area contributed by atoms with Crippen molar-refractivity contribution in [3.8, 4) is 0 Å². The van der Waals surface area contributed by atoms with E-state index in [2.05, 4.69) is 13.2 Å². The molecule has 0 radical (unpaired) electrons. The van der Waals surface area contributed by atoms with Gasteiger partial charge in [-0.2, -0.15) is 0 Å². The summed E-state index contributed by atoms with van der Waals surface area (Å²) in [6.45, 7) is 9.78. The number of ether oxygens (including phenoxy) is 1. The molecule has 0 aromatic rings. The summed E-state index contributed by atoms with van der Waals surface area (Å²) in [5.74, 6) is -0.351. The molecule has 0 aromatic heterocycles. The summed E-state index contributed by atoms with van der Waals surface area (Å²) in [6, 6.07) is 0. The van der Waals surface area contributed by atoms with Crippen molar-refractivity contribution in [2.24, 2.45) is 0 Å². The van der Waals surface area contributed by atoms with Crippen LogP contribution in [0, 0.1) is 0 Å². The molecule has 1 rings (SSSR count). The van der Waals surface area contributed by atoms with Crippen LogP contribution in [0.15, 0.2) is 25.3 Å². The van der Waals surface area contributed by atoms with Gasteiger partial charge in [0.15, 0.2) is 0 Å². The molecule has 4 heteroatoms. The van der Waals surface area contributed by atoms with E-state index in [9.17, 15) is 9.59 Å². The van der Waals surface area contributed by atoms with Crippen LogP contribution in [0.25, 0.3) is 0 Å². The highest BCUT2D eigenvalue weighted by molar-refractivity contribution is 5.89. The summed E-state index contributed by atoms with van der Waals surface area (Å²) in [5.41, 5.74) is -0.888. The molecular weight excluding hydrogens is 230 g/mol. The molecular formula is C14H21NO3. The summed E-state index contributed by atoms with van der Waals surface area (Å²) in [5, 5.41) is 0. The van der Waals surface area contributed by atoms with Gasteiger partial charge in [-0.15, -0.1) is 13.2 Å². The summed E-state index contributed by atoms with van der Waals surface area (Å²) >= 11 is 0. The Hall–Kier alpha value is -1.58. The van der Waals surface area contributed by atoms with E-state index in [1.807, 2.05) is 0 Å². The smallest absolute Gasteiger partial charge is 0.332 e. The van der Waals surface area contributed by atoms with Gasteiger partial charge in [0.2, 0.25) is 5.91 Å². The highest BCUT2D eigenvalue weighted by Crippen LogP contribution is 2.33. The first kappa shape index (κ1) is 14.5. The molecule has 18 heavy (non-hydrogen) atoms. The normalized spacial score (nSPS) is 23.6. The number of hydrogen-bond donors (Lipinski definition) is 0. The third-order valence-electron chi connectivity index (χ3n) is 3.25. The molecule has 0 bridgehead atoms. The Bertz CT molecular complexity index is 351. The topological polar surface area (TPSA) is 46.6 Å².